The van der Waals surface area contributed by atoms with Crippen LogP contribution in [0.2, 0.25) is 0 Å². The van der Waals surface area contributed by atoms with Crippen molar-refractivity contribution in [3.63, 3.8) is 0 Å². The predicted octanol–water partition coefficient (Wildman–Crippen LogP) is 4.33. The number of thiophene rings is 1. The average Bonchev–Trinajstić information content (AvgIpc) is 3.25. The van der Waals surface area contributed by atoms with Gasteiger partial charge in [-0.25, -0.2) is 9.50 Å². The number of hydrogen-bond donors (Lipinski definition) is 1. The van der Waals surface area contributed by atoms with E-state index in [9.17, 15) is 4.79 Å². The van der Waals surface area contributed by atoms with Crippen molar-refractivity contribution in [1.82, 2.24) is 14.6 Å². The Morgan fingerprint density at radius 3 is 2.76 bits per heavy atom. The zero-order valence-corrected chi connectivity index (χ0v) is 14.7. The summed E-state index contributed by atoms with van der Waals surface area (Å²) in [7, 11) is 0. The van der Waals surface area contributed by atoms with Crippen molar-refractivity contribution in [2.24, 2.45) is 0 Å². The second-order valence-electron chi connectivity index (χ2n) is 5.86. The molecule has 0 unspecified atom stereocenters. The van der Waals surface area contributed by atoms with Crippen molar-refractivity contribution in [2.75, 3.05) is 5.32 Å². The average molecular weight is 348 g/mol. The van der Waals surface area contributed by atoms with Crippen LogP contribution in [0.5, 0.6) is 0 Å². The standard InChI is InChI=1S/C19H16N4OS/c1-12-5-3-4-6-15(12)21-19(24)17-9-13(2)23-18(20-17)10-16(22-23)14-7-8-25-11-14/h3-11H,1-2H3,(H,21,24). The Kier molecular flexibility index (Phi) is 3.82. The van der Waals surface area contributed by atoms with Crippen LogP contribution < -0.4 is 5.32 Å². The third-order valence-electron chi connectivity index (χ3n) is 4.05. The molecule has 0 saturated heterocycles. The van der Waals surface area contributed by atoms with Crippen molar-refractivity contribution in [3.8, 4) is 11.3 Å². The number of nitrogens with one attached hydrogen (secondary N) is 1. The predicted molar refractivity (Wildman–Crippen MR) is 100 cm³/mol. The van der Waals surface area contributed by atoms with E-state index in [0.717, 1.165) is 28.2 Å². The molecule has 4 aromatic rings. The summed E-state index contributed by atoms with van der Waals surface area (Å²) in [5.74, 6) is -0.224. The number of aromatic nitrogens is 3. The Morgan fingerprint density at radius 1 is 1.16 bits per heavy atom. The molecule has 1 amide bonds. The second kappa shape index (κ2) is 6.14. The highest BCUT2D eigenvalue weighted by Crippen LogP contribution is 2.22. The minimum Gasteiger partial charge on any atom is -0.320 e. The summed E-state index contributed by atoms with van der Waals surface area (Å²) in [6.45, 7) is 3.88. The van der Waals surface area contributed by atoms with Gasteiger partial charge in [0.2, 0.25) is 0 Å². The molecular weight excluding hydrogens is 332 g/mol. The summed E-state index contributed by atoms with van der Waals surface area (Å²) in [5, 5.41) is 11.6. The molecule has 4 rings (SSSR count). The van der Waals surface area contributed by atoms with E-state index < -0.39 is 0 Å². The van der Waals surface area contributed by atoms with Gasteiger partial charge in [-0.2, -0.15) is 16.4 Å². The Hall–Kier alpha value is -2.99. The van der Waals surface area contributed by atoms with Gasteiger partial charge in [0.05, 0.1) is 5.69 Å². The molecule has 0 saturated carbocycles. The smallest absolute Gasteiger partial charge is 0.274 e. The molecule has 3 aromatic heterocycles. The Balaban J connectivity index is 1.70. The van der Waals surface area contributed by atoms with Gasteiger partial charge in [-0.15, -0.1) is 0 Å². The first-order valence-corrected chi connectivity index (χ1v) is 8.83. The van der Waals surface area contributed by atoms with Crippen LogP contribution in [0.25, 0.3) is 16.9 Å². The van der Waals surface area contributed by atoms with Gasteiger partial charge in [0.25, 0.3) is 5.91 Å². The molecule has 5 nitrogen and oxygen atoms in total. The normalized spacial score (nSPS) is 11.0. The van der Waals surface area contributed by atoms with Gasteiger partial charge in [-0.1, -0.05) is 18.2 Å². The summed E-state index contributed by atoms with van der Waals surface area (Å²) in [6, 6.07) is 13.4. The lowest BCUT2D eigenvalue weighted by molar-refractivity contribution is 0.102. The molecule has 25 heavy (non-hydrogen) atoms. The number of para-hydroxylation sites is 1. The molecule has 0 aliphatic rings. The molecule has 0 fully saturated rings. The minimum atomic E-state index is -0.224. The number of carbonyl (C=O) groups excluding carboxylic acids is 1. The summed E-state index contributed by atoms with van der Waals surface area (Å²) < 4.78 is 1.76. The van der Waals surface area contributed by atoms with Crippen LogP contribution in [0.3, 0.4) is 0 Å². The molecule has 3 heterocycles. The van der Waals surface area contributed by atoms with E-state index in [1.165, 1.54) is 0 Å². The lowest BCUT2D eigenvalue weighted by atomic mass is 10.2. The lowest BCUT2D eigenvalue weighted by Gasteiger charge is -2.08. The molecule has 0 spiro atoms. The van der Waals surface area contributed by atoms with Gasteiger partial charge in [-0.05, 0) is 43.0 Å². The summed E-state index contributed by atoms with van der Waals surface area (Å²) >= 11 is 1.63. The fourth-order valence-electron chi connectivity index (χ4n) is 2.69. The third kappa shape index (κ3) is 2.92. The zero-order chi connectivity index (χ0) is 17.4. The van der Waals surface area contributed by atoms with E-state index >= 15 is 0 Å². The van der Waals surface area contributed by atoms with Crippen LogP contribution >= 0.6 is 11.3 Å². The molecular formula is C19H16N4OS. The van der Waals surface area contributed by atoms with Crippen molar-refractivity contribution >= 4 is 28.6 Å². The Morgan fingerprint density at radius 2 is 2.00 bits per heavy atom. The molecule has 0 radical (unpaired) electrons. The lowest BCUT2D eigenvalue weighted by Crippen LogP contribution is -2.15. The first kappa shape index (κ1) is 15.5. The molecule has 1 aromatic carbocycles. The molecule has 0 atom stereocenters. The fraction of sp³-hybridized carbons (Fsp3) is 0.105. The Labute approximate surface area is 149 Å². The summed E-state index contributed by atoms with van der Waals surface area (Å²) in [5.41, 5.74) is 5.62. The van der Waals surface area contributed by atoms with E-state index in [1.54, 1.807) is 21.9 Å². The quantitative estimate of drug-likeness (QED) is 0.599. The van der Waals surface area contributed by atoms with Crippen molar-refractivity contribution in [2.45, 2.75) is 13.8 Å². The van der Waals surface area contributed by atoms with Crippen LogP contribution in [0.4, 0.5) is 5.69 Å². The van der Waals surface area contributed by atoms with E-state index in [4.69, 9.17) is 0 Å². The highest BCUT2D eigenvalue weighted by atomic mass is 32.1. The van der Waals surface area contributed by atoms with Crippen molar-refractivity contribution in [3.05, 3.63) is 70.2 Å². The number of fused-ring (bicyclic) bond motifs is 1. The van der Waals surface area contributed by atoms with E-state index in [1.807, 2.05) is 61.0 Å². The maximum absolute atomic E-state index is 12.6. The molecule has 0 aliphatic heterocycles. The van der Waals surface area contributed by atoms with Crippen LogP contribution in [-0.4, -0.2) is 20.5 Å². The second-order valence-corrected chi connectivity index (χ2v) is 6.64. The molecule has 124 valence electrons. The number of hydrogen-bond acceptors (Lipinski definition) is 4. The van der Waals surface area contributed by atoms with Gasteiger partial charge in [0.15, 0.2) is 5.65 Å². The summed E-state index contributed by atoms with van der Waals surface area (Å²) in [6.07, 6.45) is 0. The van der Waals surface area contributed by atoms with Gasteiger partial charge < -0.3 is 5.32 Å². The first-order valence-electron chi connectivity index (χ1n) is 7.89. The van der Waals surface area contributed by atoms with E-state index in [-0.39, 0.29) is 5.91 Å². The SMILES string of the molecule is Cc1ccccc1NC(=O)c1cc(C)n2nc(-c3ccsc3)cc2n1. The molecule has 1 N–H and O–H groups in total. The number of nitrogens with zero attached hydrogens (tertiary/aromatic N) is 3. The summed E-state index contributed by atoms with van der Waals surface area (Å²) in [4.78, 5) is 17.1. The maximum atomic E-state index is 12.6. The number of benzene rings is 1. The van der Waals surface area contributed by atoms with Crippen LogP contribution in [0.15, 0.2) is 53.2 Å². The van der Waals surface area contributed by atoms with Gasteiger partial charge >= 0.3 is 0 Å². The van der Waals surface area contributed by atoms with Gasteiger partial charge in [0.1, 0.15) is 5.69 Å². The fourth-order valence-corrected chi connectivity index (χ4v) is 3.34. The number of amides is 1. The van der Waals surface area contributed by atoms with E-state index in [2.05, 4.69) is 15.4 Å². The minimum absolute atomic E-state index is 0.224. The Bertz CT molecular complexity index is 1070. The zero-order valence-electron chi connectivity index (χ0n) is 13.9. The number of anilines is 1. The van der Waals surface area contributed by atoms with Crippen LogP contribution in [0.1, 0.15) is 21.7 Å². The molecule has 0 aliphatic carbocycles. The van der Waals surface area contributed by atoms with E-state index in [0.29, 0.717) is 11.3 Å². The molecule has 0 bridgehead atoms. The van der Waals surface area contributed by atoms with Crippen molar-refractivity contribution < 1.29 is 4.79 Å². The first-order chi connectivity index (χ1) is 12.1. The monoisotopic (exact) mass is 348 g/mol. The van der Waals surface area contributed by atoms with Gasteiger partial charge in [0, 0.05) is 28.4 Å². The largest absolute Gasteiger partial charge is 0.320 e. The van der Waals surface area contributed by atoms with Crippen LogP contribution in [-0.2, 0) is 0 Å². The van der Waals surface area contributed by atoms with Crippen molar-refractivity contribution in [1.29, 1.82) is 0 Å². The maximum Gasteiger partial charge on any atom is 0.274 e. The van der Waals surface area contributed by atoms with Crippen LogP contribution in [0, 0.1) is 13.8 Å². The topological polar surface area (TPSA) is 59.3 Å². The molecule has 6 heteroatoms. The highest BCUT2D eigenvalue weighted by Gasteiger charge is 2.14. The number of rotatable bonds is 3. The third-order valence-corrected chi connectivity index (χ3v) is 4.73. The highest BCUT2D eigenvalue weighted by molar-refractivity contribution is 7.08. The number of aryl methyl sites for hydroxylation is 2. The number of carbonyl (C=O) groups is 1. The van der Waals surface area contributed by atoms with Gasteiger partial charge in [-0.3, -0.25) is 4.79 Å².